The van der Waals surface area contributed by atoms with Crippen molar-refractivity contribution in [1.29, 1.82) is 0 Å². The van der Waals surface area contributed by atoms with Crippen LogP contribution in [0.15, 0.2) is 38.2 Å². The minimum absolute atomic E-state index is 0.0415. The summed E-state index contributed by atoms with van der Waals surface area (Å²) in [6.07, 6.45) is 0. The number of furan rings is 1. The molecule has 1 heterocycles. The molecule has 2 N–H and O–H groups in total. The van der Waals surface area contributed by atoms with Crippen LogP contribution < -0.4 is 9.46 Å². The molecule has 9 heteroatoms. The third kappa shape index (κ3) is 3.36. The minimum Gasteiger partial charge on any atom is -0.494 e. The summed E-state index contributed by atoms with van der Waals surface area (Å²) in [4.78, 5) is -0.182. The molecular formula is C12H11BrFNO5S. The zero-order valence-corrected chi connectivity index (χ0v) is 13.2. The van der Waals surface area contributed by atoms with Gasteiger partial charge in [-0.1, -0.05) is 0 Å². The number of halogens is 2. The summed E-state index contributed by atoms with van der Waals surface area (Å²) in [5.74, 6) is -0.421. The first kappa shape index (κ1) is 15.8. The number of methoxy groups -OCH3 is 1. The van der Waals surface area contributed by atoms with E-state index in [0.717, 1.165) is 12.1 Å². The predicted octanol–water partition coefficient (Wildman–Crippen LogP) is 2.48. The van der Waals surface area contributed by atoms with E-state index in [0.29, 0.717) is 0 Å². The molecule has 0 saturated heterocycles. The zero-order chi connectivity index (χ0) is 15.6. The summed E-state index contributed by atoms with van der Waals surface area (Å²) < 4.78 is 49.8. The molecule has 21 heavy (non-hydrogen) atoms. The second-order valence-electron chi connectivity index (χ2n) is 3.96. The molecule has 1 aromatic heterocycles. The maximum Gasteiger partial charge on any atom is 0.266 e. The molecule has 6 nitrogen and oxygen atoms in total. The molecule has 0 radical (unpaired) electrons. The molecule has 0 atom stereocenters. The van der Waals surface area contributed by atoms with Crippen LogP contribution in [0.4, 0.5) is 10.1 Å². The lowest BCUT2D eigenvalue weighted by atomic mass is 10.3. The number of hydrogen-bond acceptors (Lipinski definition) is 5. The number of benzene rings is 1. The monoisotopic (exact) mass is 379 g/mol. The van der Waals surface area contributed by atoms with Gasteiger partial charge in [-0.25, -0.2) is 12.8 Å². The lowest BCUT2D eigenvalue weighted by Crippen LogP contribution is -2.13. The number of nitrogens with one attached hydrogen (secondary N) is 1. The highest BCUT2D eigenvalue weighted by molar-refractivity contribution is 9.10. The van der Waals surface area contributed by atoms with Crippen molar-refractivity contribution in [3.63, 3.8) is 0 Å². The topological polar surface area (TPSA) is 88.8 Å². The largest absolute Gasteiger partial charge is 0.494 e. The van der Waals surface area contributed by atoms with Gasteiger partial charge < -0.3 is 14.3 Å². The van der Waals surface area contributed by atoms with Gasteiger partial charge in [0.25, 0.3) is 10.0 Å². The molecule has 0 fully saturated rings. The fourth-order valence-electron chi connectivity index (χ4n) is 1.61. The molecular weight excluding hydrogens is 369 g/mol. The number of hydrogen-bond donors (Lipinski definition) is 2. The van der Waals surface area contributed by atoms with Gasteiger partial charge in [0.2, 0.25) is 0 Å². The Balaban J connectivity index is 2.39. The first-order valence-corrected chi connectivity index (χ1v) is 7.90. The van der Waals surface area contributed by atoms with Crippen LogP contribution in [-0.4, -0.2) is 20.6 Å². The van der Waals surface area contributed by atoms with Gasteiger partial charge >= 0.3 is 0 Å². The Hall–Kier alpha value is -1.58. The Morgan fingerprint density at radius 3 is 2.71 bits per heavy atom. The number of rotatable bonds is 5. The van der Waals surface area contributed by atoms with Crippen molar-refractivity contribution >= 4 is 31.6 Å². The average Bonchev–Trinajstić information content (AvgIpc) is 2.82. The van der Waals surface area contributed by atoms with E-state index < -0.39 is 22.4 Å². The van der Waals surface area contributed by atoms with Gasteiger partial charge in [0, 0.05) is 12.1 Å². The van der Waals surface area contributed by atoms with Gasteiger partial charge in [-0.3, -0.25) is 4.72 Å². The van der Waals surface area contributed by atoms with E-state index in [1.807, 2.05) is 0 Å². The summed E-state index contributed by atoms with van der Waals surface area (Å²) in [6, 6.07) is 4.58. The lowest BCUT2D eigenvalue weighted by Gasteiger charge is -2.11. The van der Waals surface area contributed by atoms with Gasteiger partial charge in [0.05, 0.1) is 12.8 Å². The quantitative estimate of drug-likeness (QED) is 0.832. The molecule has 0 saturated carbocycles. The van der Waals surface area contributed by atoms with Gasteiger partial charge in [0.1, 0.15) is 28.8 Å². The number of aliphatic hydroxyl groups excluding tert-OH is 1. The molecule has 0 aliphatic rings. The molecule has 1 aromatic carbocycles. The second-order valence-corrected chi connectivity index (χ2v) is 6.33. The SMILES string of the molecule is COc1cc(F)ccc1NS(=O)(=O)c1cc(CO)oc1Br. The highest BCUT2D eigenvalue weighted by Crippen LogP contribution is 2.31. The van der Waals surface area contributed by atoms with E-state index in [1.165, 1.54) is 19.2 Å². The zero-order valence-electron chi connectivity index (χ0n) is 10.8. The Bertz CT molecular complexity index is 759. The van der Waals surface area contributed by atoms with Gasteiger partial charge in [0.15, 0.2) is 4.67 Å². The van der Waals surface area contributed by atoms with Crippen LogP contribution in [0.2, 0.25) is 0 Å². The Morgan fingerprint density at radius 2 is 2.14 bits per heavy atom. The minimum atomic E-state index is -3.98. The fraction of sp³-hybridized carbons (Fsp3) is 0.167. The molecule has 0 bridgehead atoms. The summed E-state index contributed by atoms with van der Waals surface area (Å²) in [5, 5.41) is 8.95. The Kier molecular flexibility index (Phi) is 4.55. The summed E-state index contributed by atoms with van der Waals surface area (Å²) >= 11 is 2.97. The standard InChI is InChI=1S/C12H11BrFNO5S/c1-19-10-4-7(14)2-3-9(10)15-21(17,18)11-5-8(6-16)20-12(11)13/h2-5,15-16H,6H2,1H3. The Morgan fingerprint density at radius 1 is 1.43 bits per heavy atom. The van der Waals surface area contributed by atoms with Gasteiger partial charge in [-0.15, -0.1) is 0 Å². The highest BCUT2D eigenvalue weighted by Gasteiger charge is 2.23. The van der Waals surface area contributed by atoms with E-state index in [-0.39, 0.29) is 26.8 Å². The predicted molar refractivity (Wildman–Crippen MR) is 76.1 cm³/mol. The van der Waals surface area contributed by atoms with Crippen LogP contribution in [0.1, 0.15) is 5.76 Å². The van der Waals surface area contributed by atoms with Crippen LogP contribution in [0.25, 0.3) is 0 Å². The molecule has 0 aliphatic heterocycles. The van der Waals surface area contributed by atoms with Crippen molar-refractivity contribution in [2.75, 3.05) is 11.8 Å². The lowest BCUT2D eigenvalue weighted by molar-refractivity contribution is 0.245. The number of aliphatic hydroxyl groups is 1. The van der Waals surface area contributed by atoms with E-state index in [2.05, 4.69) is 20.7 Å². The van der Waals surface area contributed by atoms with Crippen LogP contribution in [0.3, 0.4) is 0 Å². The molecule has 0 aliphatic carbocycles. The van der Waals surface area contributed by atoms with Crippen LogP contribution in [0.5, 0.6) is 5.75 Å². The molecule has 2 rings (SSSR count). The first-order valence-electron chi connectivity index (χ1n) is 5.63. The molecule has 114 valence electrons. The van der Waals surface area contributed by atoms with Crippen molar-refractivity contribution in [2.45, 2.75) is 11.5 Å². The first-order chi connectivity index (χ1) is 9.87. The molecule has 0 spiro atoms. The number of sulfonamides is 1. The summed E-state index contributed by atoms with van der Waals surface area (Å²) in [6.45, 7) is -0.437. The molecule has 0 unspecified atom stereocenters. The second kappa shape index (κ2) is 6.04. The normalized spacial score (nSPS) is 11.4. The van der Waals surface area contributed by atoms with Crippen LogP contribution >= 0.6 is 15.9 Å². The molecule has 2 aromatic rings. The number of ether oxygens (including phenoxy) is 1. The van der Waals surface area contributed by atoms with Gasteiger partial charge in [-0.05, 0) is 28.1 Å². The molecule has 0 amide bonds. The highest BCUT2D eigenvalue weighted by atomic mass is 79.9. The van der Waals surface area contributed by atoms with Crippen molar-refractivity contribution in [2.24, 2.45) is 0 Å². The maximum absolute atomic E-state index is 13.1. The van der Waals surface area contributed by atoms with E-state index >= 15 is 0 Å². The fourth-order valence-corrected chi connectivity index (χ4v) is 3.68. The summed E-state index contributed by atoms with van der Waals surface area (Å²) in [7, 11) is -2.69. The van der Waals surface area contributed by atoms with Crippen molar-refractivity contribution in [3.05, 3.63) is 40.5 Å². The van der Waals surface area contributed by atoms with Gasteiger partial charge in [-0.2, -0.15) is 0 Å². The van der Waals surface area contributed by atoms with Crippen LogP contribution in [0, 0.1) is 5.82 Å². The smallest absolute Gasteiger partial charge is 0.266 e. The van der Waals surface area contributed by atoms with Crippen molar-refractivity contribution in [3.8, 4) is 5.75 Å². The van der Waals surface area contributed by atoms with E-state index in [9.17, 15) is 12.8 Å². The van der Waals surface area contributed by atoms with Crippen LogP contribution in [-0.2, 0) is 16.6 Å². The third-order valence-corrected chi connectivity index (χ3v) is 4.78. The van der Waals surface area contributed by atoms with E-state index in [4.69, 9.17) is 14.3 Å². The van der Waals surface area contributed by atoms with E-state index in [1.54, 1.807) is 0 Å². The summed E-state index contributed by atoms with van der Waals surface area (Å²) in [5.41, 5.74) is 0.0811. The number of anilines is 1. The van der Waals surface area contributed by atoms with Crippen molar-refractivity contribution in [1.82, 2.24) is 0 Å². The third-order valence-electron chi connectivity index (χ3n) is 2.56. The Labute approximate surface area is 128 Å². The van der Waals surface area contributed by atoms with Crippen molar-refractivity contribution < 1.29 is 27.1 Å². The maximum atomic E-state index is 13.1. The average molecular weight is 380 g/mol.